The largest absolute Gasteiger partial charge is 0.497 e. The minimum Gasteiger partial charge on any atom is -0.497 e. The maximum absolute atomic E-state index is 14.0. The lowest BCUT2D eigenvalue weighted by molar-refractivity contribution is -0.379. The van der Waals surface area contributed by atoms with Crippen LogP contribution < -0.4 is 18.9 Å². The van der Waals surface area contributed by atoms with Crippen LogP contribution in [0.2, 0.25) is 0 Å². The first-order valence-electron chi connectivity index (χ1n) is 27.1. The Labute approximate surface area is 444 Å². The highest BCUT2D eigenvalue weighted by Crippen LogP contribution is 2.37. The molecule has 3 heterocycles. The number of rotatable bonds is 21. The van der Waals surface area contributed by atoms with Crippen LogP contribution >= 0.6 is 0 Å². The van der Waals surface area contributed by atoms with Crippen LogP contribution in [0.25, 0.3) is 0 Å². The Morgan fingerprint density at radius 2 is 0.987 bits per heavy atom. The number of unbranched alkanes of at least 4 members (excludes halogenated alkanes) is 2. The minimum atomic E-state index is -1.28. The number of methoxy groups -OCH3 is 4. The number of carbonyl (C=O) groups excluding carboxylic acids is 1. The fraction of sp³-hybridized carbons (Fsp3) is 0.583. The number of ether oxygens (including phenoxy) is 13. The van der Waals surface area contributed by atoms with Gasteiger partial charge in [-0.05, 0) is 97.0 Å². The fourth-order valence-corrected chi connectivity index (χ4v) is 9.81. The third-order valence-electron chi connectivity index (χ3n) is 14.3. The summed E-state index contributed by atoms with van der Waals surface area (Å²) in [7, 11) is 6.52. The standard InChI is InChI=1S/C60H82O15/c1-7-8-14-17-50-18-15-12-10-9-11-13-16-19-52(61)74-57-55(69-38-44-24-32-48(65-5)33-25-44)53(62)41(2)71-59(57)75-58-56(70-39-45-26-34-49(66-6)35-27-45)54(68-37-43-22-30-47(64-4)31-23-43)51(73-60(58)72-50)40-67-36-42-20-28-46(63-3)29-21-42/h20-35,41,50-51,53-60,62H,7-19,36-40H2,1-6H3/t41-,50?,51+,53-,54+,55+,56-,57+,58+,59-,60+/m0/s1. The number of fused-ring (bicyclic) bond motifs is 2. The Morgan fingerprint density at radius 3 is 1.51 bits per heavy atom. The van der Waals surface area contributed by atoms with Crippen molar-refractivity contribution in [2.24, 2.45) is 0 Å². The van der Waals surface area contributed by atoms with E-state index in [-0.39, 0.29) is 39.0 Å². The number of carbonyl (C=O) groups is 1. The molecular weight excluding hydrogens is 961 g/mol. The first-order chi connectivity index (χ1) is 36.7. The predicted molar refractivity (Wildman–Crippen MR) is 282 cm³/mol. The summed E-state index contributed by atoms with van der Waals surface area (Å²) < 4.78 is 83.9. The van der Waals surface area contributed by atoms with Crippen molar-refractivity contribution >= 4 is 5.97 Å². The van der Waals surface area contributed by atoms with Gasteiger partial charge in [0.2, 0.25) is 0 Å². The summed E-state index contributed by atoms with van der Waals surface area (Å²) in [5, 5.41) is 11.9. The zero-order valence-corrected chi connectivity index (χ0v) is 45.0. The number of hydrogen-bond acceptors (Lipinski definition) is 15. The van der Waals surface area contributed by atoms with Gasteiger partial charge in [-0.2, -0.15) is 0 Å². The number of benzene rings is 4. The van der Waals surface area contributed by atoms with Gasteiger partial charge < -0.3 is 66.7 Å². The van der Waals surface area contributed by atoms with E-state index in [1.165, 1.54) is 0 Å². The molecule has 3 aliphatic heterocycles. The first-order valence-corrected chi connectivity index (χ1v) is 27.1. The molecule has 3 fully saturated rings. The van der Waals surface area contributed by atoms with Gasteiger partial charge >= 0.3 is 5.97 Å². The van der Waals surface area contributed by atoms with Crippen molar-refractivity contribution in [2.75, 3.05) is 35.0 Å². The summed E-state index contributed by atoms with van der Waals surface area (Å²) in [5.41, 5.74) is 3.56. The van der Waals surface area contributed by atoms with Crippen molar-refractivity contribution in [1.82, 2.24) is 0 Å². The second kappa shape index (κ2) is 30.8. The van der Waals surface area contributed by atoms with Gasteiger partial charge in [0.25, 0.3) is 0 Å². The molecule has 4 aromatic rings. The molecule has 4 aromatic carbocycles. The number of hydrogen-bond donors (Lipinski definition) is 1. The number of esters is 1. The van der Waals surface area contributed by atoms with Gasteiger partial charge in [-0.1, -0.05) is 113 Å². The zero-order chi connectivity index (χ0) is 52.8. The zero-order valence-electron chi connectivity index (χ0n) is 45.0. The molecule has 0 spiro atoms. The summed E-state index contributed by atoms with van der Waals surface area (Å²) in [6, 6.07) is 30.6. The third kappa shape index (κ3) is 17.6. The van der Waals surface area contributed by atoms with Crippen molar-refractivity contribution in [2.45, 2.75) is 191 Å². The minimum absolute atomic E-state index is 0.101. The molecule has 75 heavy (non-hydrogen) atoms. The topological polar surface area (TPSA) is 157 Å². The molecule has 3 saturated heterocycles. The Kier molecular flexibility index (Phi) is 23.8. The Bertz CT molecular complexity index is 2210. The molecule has 11 atom stereocenters. The Balaban J connectivity index is 1.30. The molecule has 15 heteroatoms. The molecule has 15 nitrogen and oxygen atoms in total. The van der Waals surface area contributed by atoms with Crippen LogP contribution in [0, 0.1) is 0 Å². The quantitative estimate of drug-likeness (QED) is 0.0620. The maximum atomic E-state index is 14.0. The van der Waals surface area contributed by atoms with E-state index in [2.05, 4.69) is 6.92 Å². The summed E-state index contributed by atoms with van der Waals surface area (Å²) in [6.45, 7) is 4.78. The van der Waals surface area contributed by atoms with Crippen molar-refractivity contribution in [3.63, 3.8) is 0 Å². The fourth-order valence-electron chi connectivity index (χ4n) is 9.81. The summed E-state index contributed by atoms with van der Waals surface area (Å²) in [5.74, 6) is 2.44. The molecule has 0 aromatic heterocycles. The predicted octanol–water partition coefficient (Wildman–Crippen LogP) is 10.6. The Hall–Kier alpha value is -4.81. The molecular formula is C60H82O15. The molecule has 1 N–H and O–H groups in total. The van der Waals surface area contributed by atoms with Crippen LogP contribution in [0.4, 0.5) is 0 Å². The van der Waals surface area contributed by atoms with Crippen LogP contribution in [-0.2, 0) is 73.9 Å². The smallest absolute Gasteiger partial charge is 0.306 e. The molecule has 1 unspecified atom stereocenters. The highest BCUT2D eigenvalue weighted by Gasteiger charge is 2.54. The molecule has 0 saturated carbocycles. The van der Waals surface area contributed by atoms with Crippen molar-refractivity contribution in [3.05, 3.63) is 119 Å². The molecule has 0 amide bonds. The second-order valence-corrected chi connectivity index (χ2v) is 19.8. The van der Waals surface area contributed by atoms with E-state index in [0.29, 0.717) is 24.5 Å². The van der Waals surface area contributed by atoms with Crippen molar-refractivity contribution in [1.29, 1.82) is 0 Å². The van der Waals surface area contributed by atoms with Gasteiger partial charge in [-0.15, -0.1) is 0 Å². The highest BCUT2D eigenvalue weighted by molar-refractivity contribution is 5.69. The molecule has 7 rings (SSSR count). The van der Waals surface area contributed by atoms with Crippen LogP contribution in [0.15, 0.2) is 97.1 Å². The van der Waals surface area contributed by atoms with Gasteiger partial charge in [-0.25, -0.2) is 0 Å². The number of aliphatic hydroxyl groups excluding tert-OH is 1. The lowest BCUT2D eigenvalue weighted by Crippen LogP contribution is -2.66. The average Bonchev–Trinajstić information content (AvgIpc) is 3.44. The van der Waals surface area contributed by atoms with Crippen molar-refractivity contribution in [3.8, 4) is 23.0 Å². The van der Waals surface area contributed by atoms with E-state index in [0.717, 1.165) is 104 Å². The number of aliphatic hydroxyl groups is 1. The lowest BCUT2D eigenvalue weighted by atomic mass is 9.96. The molecule has 412 valence electrons. The van der Waals surface area contributed by atoms with Gasteiger partial charge in [0.1, 0.15) is 59.6 Å². The molecule has 0 radical (unpaired) electrons. The molecule has 0 aliphatic carbocycles. The van der Waals surface area contributed by atoms with Gasteiger partial charge in [-0.3, -0.25) is 4.79 Å². The normalized spacial score (nSPS) is 27.1. The van der Waals surface area contributed by atoms with Gasteiger partial charge in [0.05, 0.1) is 73.7 Å². The Morgan fingerprint density at radius 1 is 0.520 bits per heavy atom. The highest BCUT2D eigenvalue weighted by atomic mass is 16.8. The molecule has 3 aliphatic rings. The summed E-state index contributed by atoms with van der Waals surface area (Å²) in [4.78, 5) is 14.0. The van der Waals surface area contributed by atoms with E-state index in [1.54, 1.807) is 35.4 Å². The van der Waals surface area contributed by atoms with Gasteiger partial charge in [0, 0.05) is 6.42 Å². The summed E-state index contributed by atoms with van der Waals surface area (Å²) in [6.07, 6.45) is 1.43. The van der Waals surface area contributed by atoms with Crippen LogP contribution in [-0.4, -0.2) is 114 Å². The molecule has 0 bridgehead atoms. The third-order valence-corrected chi connectivity index (χ3v) is 14.3. The van der Waals surface area contributed by atoms with E-state index in [9.17, 15) is 9.90 Å². The lowest BCUT2D eigenvalue weighted by Gasteiger charge is -2.49. The maximum Gasteiger partial charge on any atom is 0.306 e. The SMILES string of the molecule is CCCCCC1CCCCCCCCCC(=O)O[C@H]2[C@H](O[C@H]3[C@H](O1)O[C@H](COCc1ccc(OC)cc1)[C@@H](OCc1ccc(OC)cc1)[C@@H]3OCc1ccc(OC)cc1)O[C@@H](C)[C@H](O)[C@H]2OCc1ccc(OC)cc1. The van der Waals surface area contributed by atoms with E-state index in [1.807, 2.05) is 97.1 Å². The summed E-state index contributed by atoms with van der Waals surface area (Å²) >= 11 is 0. The van der Waals surface area contributed by atoms with E-state index >= 15 is 0 Å². The monoisotopic (exact) mass is 1040 g/mol. The average molecular weight is 1040 g/mol. The van der Waals surface area contributed by atoms with Crippen LogP contribution in [0.1, 0.15) is 120 Å². The van der Waals surface area contributed by atoms with Crippen LogP contribution in [0.5, 0.6) is 23.0 Å². The first kappa shape index (κ1) is 57.9. The van der Waals surface area contributed by atoms with Crippen molar-refractivity contribution < 1.29 is 71.5 Å². The van der Waals surface area contributed by atoms with Gasteiger partial charge in [0.15, 0.2) is 18.7 Å². The second-order valence-electron chi connectivity index (χ2n) is 19.8. The van der Waals surface area contributed by atoms with E-state index < -0.39 is 67.4 Å². The van der Waals surface area contributed by atoms with Crippen LogP contribution in [0.3, 0.4) is 0 Å². The van der Waals surface area contributed by atoms with E-state index in [4.69, 9.17) is 61.6 Å².